The van der Waals surface area contributed by atoms with E-state index in [-0.39, 0.29) is 30.5 Å². The van der Waals surface area contributed by atoms with Crippen LogP contribution in [0.1, 0.15) is 23.9 Å². The number of nitrogens with zero attached hydrogens (tertiary/aromatic N) is 3. The molecule has 1 N–H and O–H groups in total. The zero-order valence-electron chi connectivity index (χ0n) is 14.7. The van der Waals surface area contributed by atoms with E-state index in [1.165, 1.54) is 17.8 Å². The number of benzene rings is 1. The monoisotopic (exact) mass is 382 g/mol. The first-order chi connectivity index (χ1) is 13.1. The summed E-state index contributed by atoms with van der Waals surface area (Å²) < 4.78 is 6.94. The predicted octanol–water partition coefficient (Wildman–Crippen LogP) is 2.56. The molecule has 7 nitrogen and oxygen atoms in total. The van der Waals surface area contributed by atoms with Crippen molar-refractivity contribution in [2.45, 2.75) is 31.1 Å². The number of nitrogens with one attached hydrogen (secondary N) is 1. The highest BCUT2D eigenvalue weighted by Gasteiger charge is 2.27. The van der Waals surface area contributed by atoms with E-state index >= 15 is 0 Å². The lowest BCUT2D eigenvalue weighted by Gasteiger charge is -2.12. The van der Waals surface area contributed by atoms with Crippen molar-refractivity contribution < 1.29 is 9.32 Å². The zero-order valence-corrected chi connectivity index (χ0v) is 15.5. The van der Waals surface area contributed by atoms with Gasteiger partial charge in [-0.25, -0.2) is 4.98 Å². The van der Waals surface area contributed by atoms with E-state index in [2.05, 4.69) is 15.5 Å². The molecule has 0 aliphatic carbocycles. The Morgan fingerprint density at radius 3 is 2.96 bits per heavy atom. The molecule has 138 valence electrons. The van der Waals surface area contributed by atoms with Gasteiger partial charge in [0.25, 0.3) is 5.56 Å². The van der Waals surface area contributed by atoms with Crippen LogP contribution in [-0.4, -0.2) is 26.4 Å². The van der Waals surface area contributed by atoms with Crippen molar-refractivity contribution in [2.24, 2.45) is 0 Å². The van der Waals surface area contributed by atoms with Crippen molar-refractivity contribution in [1.82, 2.24) is 20.0 Å². The van der Waals surface area contributed by atoms with Gasteiger partial charge in [0.1, 0.15) is 5.69 Å². The molecule has 4 rings (SSSR count). The topological polar surface area (TPSA) is 90.0 Å². The summed E-state index contributed by atoms with van der Waals surface area (Å²) in [6.07, 6.45) is 0.230. The minimum absolute atomic E-state index is 0.107. The Bertz CT molecular complexity index is 1030. The van der Waals surface area contributed by atoms with Gasteiger partial charge in [-0.1, -0.05) is 47.3 Å². The van der Waals surface area contributed by atoms with E-state index in [0.29, 0.717) is 28.1 Å². The number of hydrogen-bond donors (Lipinski definition) is 1. The Kier molecular flexibility index (Phi) is 4.81. The zero-order chi connectivity index (χ0) is 18.8. The van der Waals surface area contributed by atoms with E-state index in [0.717, 1.165) is 5.56 Å². The van der Waals surface area contributed by atoms with Gasteiger partial charge in [0.2, 0.25) is 5.91 Å². The summed E-state index contributed by atoms with van der Waals surface area (Å²) in [7, 11) is 0. The average Bonchev–Trinajstić information content (AvgIpc) is 3.28. The first-order valence-electron chi connectivity index (χ1n) is 8.61. The number of carbonyl (C=O) groups is 1. The highest BCUT2D eigenvalue weighted by molar-refractivity contribution is 7.99. The molecule has 27 heavy (non-hydrogen) atoms. The highest BCUT2D eigenvalue weighted by Crippen LogP contribution is 2.31. The Morgan fingerprint density at radius 1 is 1.33 bits per heavy atom. The molecule has 1 unspecified atom stereocenters. The van der Waals surface area contributed by atoms with Gasteiger partial charge >= 0.3 is 0 Å². The van der Waals surface area contributed by atoms with E-state index < -0.39 is 0 Å². The Balaban J connectivity index is 1.37. The molecule has 1 aliphatic heterocycles. The van der Waals surface area contributed by atoms with Crippen LogP contribution >= 0.6 is 11.8 Å². The van der Waals surface area contributed by atoms with E-state index in [1.807, 2.05) is 36.4 Å². The lowest BCUT2D eigenvalue weighted by molar-refractivity contribution is -0.121. The molecule has 8 heteroatoms. The van der Waals surface area contributed by atoms with Crippen LogP contribution in [0.3, 0.4) is 0 Å². The number of amides is 1. The van der Waals surface area contributed by atoms with E-state index in [1.54, 1.807) is 11.5 Å². The Hall–Kier alpha value is -2.87. The number of rotatable bonds is 5. The van der Waals surface area contributed by atoms with Gasteiger partial charge in [0.05, 0.1) is 12.6 Å². The fourth-order valence-corrected chi connectivity index (χ4v) is 4.22. The normalized spacial score (nSPS) is 15.5. The second kappa shape index (κ2) is 7.40. The summed E-state index contributed by atoms with van der Waals surface area (Å²) >= 11 is 1.51. The molecular weight excluding hydrogens is 364 g/mol. The molecule has 1 atom stereocenters. The van der Waals surface area contributed by atoms with E-state index in [4.69, 9.17) is 4.52 Å². The van der Waals surface area contributed by atoms with Crippen molar-refractivity contribution in [3.8, 4) is 11.3 Å². The van der Waals surface area contributed by atoms with Gasteiger partial charge < -0.3 is 9.84 Å². The molecule has 0 saturated carbocycles. The third kappa shape index (κ3) is 3.80. The molecule has 3 heterocycles. The van der Waals surface area contributed by atoms with Crippen LogP contribution in [0.5, 0.6) is 0 Å². The Morgan fingerprint density at radius 2 is 2.15 bits per heavy atom. The molecule has 0 saturated heterocycles. The molecule has 1 aromatic carbocycles. The van der Waals surface area contributed by atoms with Crippen molar-refractivity contribution in [2.75, 3.05) is 5.75 Å². The van der Waals surface area contributed by atoms with Crippen molar-refractivity contribution in [3.05, 3.63) is 64.2 Å². The molecule has 0 fully saturated rings. The lowest BCUT2D eigenvalue weighted by atomic mass is 10.1. The van der Waals surface area contributed by atoms with Gasteiger partial charge in [0, 0.05) is 35.6 Å². The maximum Gasteiger partial charge on any atom is 0.254 e. The maximum atomic E-state index is 12.3. The summed E-state index contributed by atoms with van der Waals surface area (Å²) in [6, 6.07) is 12.8. The molecule has 0 bridgehead atoms. The summed E-state index contributed by atoms with van der Waals surface area (Å²) in [6.45, 7) is 2.08. The number of thioether (sulfide) groups is 1. The number of fused-ring (bicyclic) bond motifs is 1. The van der Waals surface area contributed by atoms with Gasteiger partial charge in [-0.2, -0.15) is 0 Å². The van der Waals surface area contributed by atoms with E-state index in [9.17, 15) is 9.59 Å². The standard InChI is InChI=1S/C19H18N4O3S/c1-12-7-18(25)23-15(11-27-19(23)21-12)9-17(24)20-10-14-8-16(26-22-14)13-5-3-2-4-6-13/h2-8,15H,9-11H2,1H3,(H,20,24). The summed E-state index contributed by atoms with van der Waals surface area (Å²) in [5.41, 5.74) is 2.18. The van der Waals surface area contributed by atoms with Crippen molar-refractivity contribution >= 4 is 17.7 Å². The van der Waals surface area contributed by atoms with Crippen LogP contribution in [0.2, 0.25) is 0 Å². The number of carbonyl (C=O) groups excluding carboxylic acids is 1. The van der Waals surface area contributed by atoms with Crippen LogP contribution in [-0.2, 0) is 11.3 Å². The predicted molar refractivity (Wildman–Crippen MR) is 101 cm³/mol. The average molecular weight is 382 g/mol. The minimum atomic E-state index is -0.178. The summed E-state index contributed by atoms with van der Waals surface area (Å²) in [5, 5.41) is 7.53. The van der Waals surface area contributed by atoms with Crippen molar-refractivity contribution in [1.29, 1.82) is 0 Å². The smallest absolute Gasteiger partial charge is 0.254 e. The molecule has 0 spiro atoms. The molecule has 1 amide bonds. The van der Waals surface area contributed by atoms with Gasteiger partial charge in [-0.05, 0) is 6.92 Å². The third-order valence-corrected chi connectivity index (χ3v) is 5.42. The minimum Gasteiger partial charge on any atom is -0.356 e. The SMILES string of the molecule is Cc1cc(=O)n2c(n1)SCC2CC(=O)NCc1cc(-c2ccccc2)on1. The van der Waals surface area contributed by atoms with Crippen LogP contribution in [0.15, 0.2) is 56.9 Å². The van der Waals surface area contributed by atoms with Crippen molar-refractivity contribution in [3.63, 3.8) is 0 Å². The second-order valence-electron chi connectivity index (χ2n) is 6.38. The highest BCUT2D eigenvalue weighted by atomic mass is 32.2. The molecule has 2 aromatic heterocycles. The quantitative estimate of drug-likeness (QED) is 0.682. The third-order valence-electron chi connectivity index (χ3n) is 4.32. The van der Waals surface area contributed by atoms with Crippen LogP contribution in [0, 0.1) is 6.92 Å². The fourth-order valence-electron chi connectivity index (χ4n) is 3.02. The first kappa shape index (κ1) is 17.5. The van der Waals surface area contributed by atoms with Crippen LogP contribution in [0.4, 0.5) is 0 Å². The summed E-state index contributed by atoms with van der Waals surface area (Å²) in [4.78, 5) is 28.9. The number of hydrogen-bond acceptors (Lipinski definition) is 6. The van der Waals surface area contributed by atoms with Crippen LogP contribution < -0.4 is 10.9 Å². The summed E-state index contributed by atoms with van der Waals surface area (Å²) in [5.74, 6) is 1.19. The fraction of sp³-hybridized carbons (Fsp3) is 0.263. The molecule has 3 aromatic rings. The van der Waals surface area contributed by atoms with Gasteiger partial charge in [0.15, 0.2) is 10.9 Å². The molecule has 1 aliphatic rings. The number of aromatic nitrogens is 3. The van der Waals surface area contributed by atoms with Gasteiger partial charge in [-0.3, -0.25) is 14.2 Å². The second-order valence-corrected chi connectivity index (χ2v) is 7.37. The molecular formula is C19H18N4O3S. The maximum absolute atomic E-state index is 12.3. The Labute approximate surface area is 159 Å². The van der Waals surface area contributed by atoms with Gasteiger partial charge in [-0.15, -0.1) is 0 Å². The largest absolute Gasteiger partial charge is 0.356 e. The number of aryl methyl sites for hydroxylation is 1. The lowest BCUT2D eigenvalue weighted by Crippen LogP contribution is -2.30. The first-order valence-corrected chi connectivity index (χ1v) is 9.59. The van der Waals surface area contributed by atoms with Crippen LogP contribution in [0.25, 0.3) is 11.3 Å². The molecule has 0 radical (unpaired) electrons.